The van der Waals surface area contributed by atoms with Gasteiger partial charge >= 0.3 is 15.2 Å². The molecular weight excluding hydrogens is 326 g/mol. The average molecular weight is 342 g/mol. The van der Waals surface area contributed by atoms with Gasteiger partial charge in [0.1, 0.15) is 12.6 Å². The molecule has 1 rings (SSSR count). The summed E-state index contributed by atoms with van der Waals surface area (Å²) in [6, 6.07) is -1.31. The quantitative estimate of drug-likeness (QED) is 0.301. The number of hydrogen-bond acceptors (Lipinski definition) is 5. The first kappa shape index (κ1) is 18.0. The Labute approximate surface area is 119 Å². The predicted molar refractivity (Wildman–Crippen MR) is 70.9 cm³/mol. The molecule has 1 atom stereocenters. The highest BCUT2D eigenvalue weighted by Gasteiger charge is 2.34. The fourth-order valence-electron chi connectivity index (χ4n) is 1.73. The molecule has 0 spiro atoms. The van der Waals surface area contributed by atoms with Crippen molar-refractivity contribution in [3.8, 4) is 0 Å². The van der Waals surface area contributed by atoms with E-state index in [1.807, 2.05) is 0 Å². The van der Waals surface area contributed by atoms with Gasteiger partial charge in [-0.1, -0.05) is 0 Å². The average Bonchev–Trinajstić information content (AvgIpc) is 2.72. The van der Waals surface area contributed by atoms with Gasteiger partial charge in [-0.05, 0) is 0 Å². The van der Waals surface area contributed by atoms with Crippen molar-refractivity contribution in [2.45, 2.75) is 12.5 Å². The minimum atomic E-state index is -4.64. The van der Waals surface area contributed by atoms with Gasteiger partial charge in [0.05, 0.1) is 18.1 Å². The van der Waals surface area contributed by atoms with Crippen LogP contribution in [-0.4, -0.2) is 59.0 Å². The van der Waals surface area contributed by atoms with Crippen molar-refractivity contribution in [2.24, 2.45) is 5.73 Å². The lowest BCUT2D eigenvalue weighted by Gasteiger charge is -2.29. The van der Waals surface area contributed by atoms with Gasteiger partial charge < -0.3 is 30.3 Å². The maximum Gasteiger partial charge on any atom is 0.339 e. The van der Waals surface area contributed by atoms with Gasteiger partial charge in [0.15, 0.2) is 0 Å². The van der Waals surface area contributed by atoms with Crippen molar-refractivity contribution in [3.05, 3.63) is 18.2 Å². The fraction of sp³-hybridized carbons (Fsp3) is 0.500. The van der Waals surface area contributed by atoms with Crippen LogP contribution in [0, 0.1) is 0 Å². The fourth-order valence-corrected chi connectivity index (χ4v) is 3.42. The van der Waals surface area contributed by atoms with Crippen molar-refractivity contribution >= 4 is 21.1 Å². The minimum absolute atomic E-state index is 0.140. The van der Waals surface area contributed by atoms with Crippen molar-refractivity contribution in [1.82, 2.24) is 14.9 Å². The minimum Gasteiger partial charge on any atom is -0.368 e. The zero-order valence-corrected chi connectivity index (χ0v) is 12.5. The first-order valence-corrected chi connectivity index (χ1v) is 9.17. The second-order valence-corrected chi connectivity index (χ2v) is 7.61. The molecular formula is C8H16N4O7P2. The van der Waals surface area contributed by atoms with Gasteiger partial charge in [-0.15, -0.1) is 0 Å². The molecule has 21 heavy (non-hydrogen) atoms. The van der Waals surface area contributed by atoms with Gasteiger partial charge in [-0.25, -0.2) is 4.98 Å². The Balaban J connectivity index is 3.02. The standard InChI is InChI=1S/C8H16N4O7P2/c9-8(13)7(1-6-2-10-3-11-6)12(4-20(14,15)16)5-21(17,18)19/h2-3,7H,1,4-5H2,(H2,9,13)(H,10,11)(H2,14,15,16)(H2,17,18,19)/t7-/m0/s1. The third-order valence-electron chi connectivity index (χ3n) is 2.46. The van der Waals surface area contributed by atoms with E-state index >= 15 is 0 Å². The number of carbonyl (C=O) groups excluding carboxylic acids is 1. The lowest BCUT2D eigenvalue weighted by atomic mass is 10.1. The van der Waals surface area contributed by atoms with Crippen LogP contribution in [0.3, 0.4) is 0 Å². The molecule has 13 heteroatoms. The summed E-state index contributed by atoms with van der Waals surface area (Å²) in [5.74, 6) is -0.972. The number of aromatic amines is 1. The number of nitrogens with one attached hydrogen (secondary N) is 1. The number of rotatable bonds is 8. The lowest BCUT2D eigenvalue weighted by Crippen LogP contribution is -2.47. The van der Waals surface area contributed by atoms with E-state index in [1.54, 1.807) is 0 Å². The summed E-state index contributed by atoms with van der Waals surface area (Å²) in [4.78, 5) is 54.5. The third kappa shape index (κ3) is 6.96. The summed E-state index contributed by atoms with van der Waals surface area (Å²) in [6.07, 6.45) is 0.609. The van der Waals surface area contributed by atoms with E-state index in [0.717, 1.165) is 0 Å². The van der Waals surface area contributed by atoms with Crippen LogP contribution >= 0.6 is 15.2 Å². The van der Waals surface area contributed by atoms with Gasteiger partial charge in [-0.2, -0.15) is 0 Å². The SMILES string of the molecule is NC(=O)[C@H](Cc1c[nH]cn1)N(CP(=O)(O)O)CP(=O)(O)O. The van der Waals surface area contributed by atoms with Crippen molar-refractivity contribution < 1.29 is 33.5 Å². The zero-order valence-electron chi connectivity index (χ0n) is 10.7. The molecule has 11 nitrogen and oxygen atoms in total. The summed E-state index contributed by atoms with van der Waals surface area (Å²) in [5, 5.41) is 0. The third-order valence-corrected chi connectivity index (χ3v) is 3.92. The topological polar surface area (TPSA) is 190 Å². The van der Waals surface area contributed by atoms with Gasteiger partial charge in [0, 0.05) is 12.6 Å². The Bertz CT molecular complexity index is 541. The van der Waals surface area contributed by atoms with Crippen molar-refractivity contribution in [1.29, 1.82) is 0 Å². The molecule has 0 aliphatic carbocycles. The molecule has 0 saturated carbocycles. The molecule has 1 aromatic rings. The predicted octanol–water partition coefficient (Wildman–Crippen LogP) is -1.62. The van der Waals surface area contributed by atoms with E-state index in [4.69, 9.17) is 25.3 Å². The number of imidazole rings is 1. The van der Waals surface area contributed by atoms with Crippen LogP contribution < -0.4 is 5.73 Å². The number of aromatic nitrogens is 2. The van der Waals surface area contributed by atoms with Crippen LogP contribution in [0.15, 0.2) is 12.5 Å². The van der Waals surface area contributed by atoms with E-state index in [2.05, 4.69) is 9.97 Å². The molecule has 0 aliphatic heterocycles. The number of primary amides is 1. The van der Waals surface area contributed by atoms with Gasteiger partial charge in [0.2, 0.25) is 5.91 Å². The zero-order chi connectivity index (χ0) is 16.3. The molecule has 0 fully saturated rings. The number of carbonyl (C=O) groups is 1. The molecule has 0 aliphatic rings. The Morgan fingerprint density at radius 1 is 1.29 bits per heavy atom. The van der Waals surface area contributed by atoms with Crippen LogP contribution in [0.1, 0.15) is 5.69 Å². The van der Waals surface area contributed by atoms with Crippen molar-refractivity contribution in [3.63, 3.8) is 0 Å². The second kappa shape index (κ2) is 6.80. The van der Waals surface area contributed by atoms with E-state index < -0.39 is 39.7 Å². The number of amides is 1. The summed E-state index contributed by atoms with van der Waals surface area (Å²) >= 11 is 0. The van der Waals surface area contributed by atoms with E-state index in [1.165, 1.54) is 12.5 Å². The van der Waals surface area contributed by atoms with Gasteiger partial charge in [-0.3, -0.25) is 18.8 Å². The normalized spacial score (nSPS) is 14.3. The smallest absolute Gasteiger partial charge is 0.339 e. The first-order chi connectivity index (χ1) is 9.48. The van der Waals surface area contributed by atoms with Crippen LogP contribution in [0.5, 0.6) is 0 Å². The maximum atomic E-state index is 11.5. The highest BCUT2D eigenvalue weighted by atomic mass is 31.2. The highest BCUT2D eigenvalue weighted by Crippen LogP contribution is 2.41. The van der Waals surface area contributed by atoms with Crippen LogP contribution in [-0.2, 0) is 20.3 Å². The number of nitrogens with zero attached hydrogens (tertiary/aromatic N) is 2. The number of hydrogen-bond donors (Lipinski definition) is 6. The molecule has 1 heterocycles. The molecule has 0 unspecified atom stereocenters. The Morgan fingerprint density at radius 3 is 2.14 bits per heavy atom. The molecule has 120 valence electrons. The van der Waals surface area contributed by atoms with E-state index in [-0.39, 0.29) is 6.42 Å². The van der Waals surface area contributed by atoms with Crippen molar-refractivity contribution in [2.75, 3.05) is 12.6 Å². The van der Waals surface area contributed by atoms with E-state index in [0.29, 0.717) is 10.6 Å². The molecule has 7 N–H and O–H groups in total. The Morgan fingerprint density at radius 2 is 1.81 bits per heavy atom. The summed E-state index contributed by atoms with van der Waals surface area (Å²) < 4.78 is 22.2. The molecule has 0 bridgehead atoms. The monoisotopic (exact) mass is 342 g/mol. The van der Waals surface area contributed by atoms with Crippen LogP contribution in [0.2, 0.25) is 0 Å². The number of H-pyrrole nitrogens is 1. The first-order valence-electron chi connectivity index (χ1n) is 5.58. The summed E-state index contributed by atoms with van der Waals surface area (Å²) in [6.45, 7) is 0. The Kier molecular flexibility index (Phi) is 5.83. The Hall–Kier alpha value is -1.06. The van der Waals surface area contributed by atoms with Gasteiger partial charge in [0.25, 0.3) is 0 Å². The second-order valence-electron chi connectivity index (χ2n) is 4.38. The summed E-state index contributed by atoms with van der Waals surface area (Å²) in [7, 11) is -9.29. The molecule has 1 amide bonds. The largest absolute Gasteiger partial charge is 0.368 e. The van der Waals surface area contributed by atoms with E-state index in [9.17, 15) is 13.9 Å². The molecule has 0 aromatic carbocycles. The van der Waals surface area contributed by atoms with Crippen LogP contribution in [0.4, 0.5) is 0 Å². The lowest BCUT2D eigenvalue weighted by molar-refractivity contribution is -0.122. The maximum absolute atomic E-state index is 11.5. The molecule has 1 aromatic heterocycles. The molecule has 0 radical (unpaired) electrons. The molecule has 0 saturated heterocycles. The van der Waals surface area contributed by atoms with Crippen LogP contribution in [0.25, 0.3) is 0 Å². The highest BCUT2D eigenvalue weighted by molar-refractivity contribution is 7.52. The summed E-state index contributed by atoms with van der Waals surface area (Å²) in [5.41, 5.74) is 5.53. The number of nitrogens with two attached hydrogens (primary N) is 1.